The molecule has 11 heavy (non-hydrogen) atoms. The highest BCUT2D eigenvalue weighted by Gasteiger charge is 1.91. The maximum Gasteiger partial charge on any atom is 0.192 e. The van der Waals surface area contributed by atoms with Gasteiger partial charge in [0.25, 0.3) is 0 Å². The van der Waals surface area contributed by atoms with Crippen molar-refractivity contribution in [3.63, 3.8) is 0 Å². The Balaban J connectivity index is 2.97. The molecule has 58 valence electrons. The summed E-state index contributed by atoms with van der Waals surface area (Å²) in [7, 11) is 0. The smallest absolute Gasteiger partial charge is 0.192 e. The van der Waals surface area contributed by atoms with Crippen LogP contribution in [0.3, 0.4) is 0 Å². The molecular weight excluding hydrogens is 208 g/mol. The van der Waals surface area contributed by atoms with E-state index in [1.807, 2.05) is 0 Å². The fraction of sp³-hybridized carbons (Fsp3) is 0. The molecule has 1 heterocycles. The predicted molar refractivity (Wildman–Crippen MR) is 47.4 cm³/mol. The van der Waals surface area contributed by atoms with Crippen molar-refractivity contribution in [1.82, 2.24) is 4.98 Å². The number of guanidine groups is 1. The monoisotopic (exact) mass is 214 g/mol. The Morgan fingerprint density at radius 1 is 1.45 bits per heavy atom. The summed E-state index contributed by atoms with van der Waals surface area (Å²) in [5.74, 6) is 0.509. The van der Waals surface area contributed by atoms with Gasteiger partial charge >= 0.3 is 0 Å². The van der Waals surface area contributed by atoms with E-state index in [2.05, 4.69) is 25.9 Å². The van der Waals surface area contributed by atoms with E-state index in [1.165, 1.54) is 0 Å². The van der Waals surface area contributed by atoms with E-state index in [0.717, 1.165) is 0 Å². The van der Waals surface area contributed by atoms with E-state index in [-0.39, 0.29) is 5.96 Å². The van der Waals surface area contributed by atoms with Crippen LogP contribution >= 0.6 is 15.9 Å². The minimum atomic E-state index is 0.00981. The number of aromatic nitrogens is 1. The van der Waals surface area contributed by atoms with Gasteiger partial charge in [-0.05, 0) is 28.1 Å². The van der Waals surface area contributed by atoms with Gasteiger partial charge in [0.1, 0.15) is 4.60 Å². The first-order valence-corrected chi connectivity index (χ1v) is 3.70. The minimum absolute atomic E-state index is 0.00981. The van der Waals surface area contributed by atoms with Crippen LogP contribution in [0.1, 0.15) is 0 Å². The maximum atomic E-state index is 5.15. The Hall–Kier alpha value is -1.10. The molecule has 1 aromatic heterocycles. The highest BCUT2D eigenvalue weighted by atomic mass is 79.9. The Kier molecular flexibility index (Phi) is 2.43. The molecule has 0 spiro atoms. The van der Waals surface area contributed by atoms with Crippen LogP contribution in [0.25, 0.3) is 0 Å². The van der Waals surface area contributed by atoms with Crippen LogP contribution in [-0.2, 0) is 0 Å². The molecule has 0 aliphatic heterocycles. The van der Waals surface area contributed by atoms with E-state index in [1.54, 1.807) is 18.2 Å². The third-order valence-electron chi connectivity index (χ3n) is 0.944. The van der Waals surface area contributed by atoms with Crippen molar-refractivity contribution in [2.45, 2.75) is 0 Å². The average Bonchev–Trinajstić information content (AvgIpc) is 1.85. The van der Waals surface area contributed by atoms with Crippen LogP contribution in [0.5, 0.6) is 0 Å². The summed E-state index contributed by atoms with van der Waals surface area (Å²) in [6, 6.07) is 5.31. The lowest BCUT2D eigenvalue weighted by atomic mass is 10.5. The van der Waals surface area contributed by atoms with Crippen molar-refractivity contribution in [3.8, 4) is 0 Å². The van der Waals surface area contributed by atoms with Gasteiger partial charge in [0, 0.05) is 0 Å². The number of nitrogens with two attached hydrogens (primary N) is 2. The van der Waals surface area contributed by atoms with Crippen LogP contribution in [0, 0.1) is 0 Å². The molecule has 1 aromatic rings. The number of rotatable bonds is 1. The lowest BCUT2D eigenvalue weighted by Gasteiger charge is -1.93. The number of halogens is 1. The third-order valence-corrected chi connectivity index (χ3v) is 1.39. The standard InChI is InChI=1S/C6H7BrN4/c7-4-2-1-3-5(10-4)11-6(8)9/h1-3H,(H4,8,9,10,11). The van der Waals surface area contributed by atoms with Gasteiger partial charge in [0.05, 0.1) is 0 Å². The molecule has 0 aliphatic rings. The Labute approximate surface area is 72.5 Å². The van der Waals surface area contributed by atoms with Crippen molar-refractivity contribution in [3.05, 3.63) is 22.8 Å². The molecule has 0 saturated carbocycles. The van der Waals surface area contributed by atoms with E-state index in [4.69, 9.17) is 11.5 Å². The van der Waals surface area contributed by atoms with Gasteiger partial charge in [-0.2, -0.15) is 4.99 Å². The van der Waals surface area contributed by atoms with Crippen molar-refractivity contribution in [1.29, 1.82) is 0 Å². The fourth-order valence-corrected chi connectivity index (χ4v) is 0.926. The average molecular weight is 215 g/mol. The molecular formula is C6H7BrN4. The van der Waals surface area contributed by atoms with E-state index in [9.17, 15) is 0 Å². The first-order chi connectivity index (χ1) is 5.18. The Morgan fingerprint density at radius 3 is 2.73 bits per heavy atom. The molecule has 0 fully saturated rings. The Morgan fingerprint density at radius 2 is 2.18 bits per heavy atom. The fourth-order valence-electron chi connectivity index (χ4n) is 0.592. The van der Waals surface area contributed by atoms with Gasteiger partial charge in [-0.15, -0.1) is 0 Å². The molecule has 0 unspecified atom stereocenters. The zero-order valence-electron chi connectivity index (χ0n) is 5.66. The normalized spacial score (nSPS) is 9.18. The summed E-state index contributed by atoms with van der Waals surface area (Å²) >= 11 is 3.19. The number of nitrogens with zero attached hydrogens (tertiary/aromatic N) is 2. The lowest BCUT2D eigenvalue weighted by molar-refractivity contribution is 1.22. The van der Waals surface area contributed by atoms with Crippen LogP contribution in [-0.4, -0.2) is 10.9 Å². The highest BCUT2D eigenvalue weighted by Crippen LogP contribution is 2.11. The summed E-state index contributed by atoms with van der Waals surface area (Å²) < 4.78 is 0.708. The molecule has 0 aliphatic carbocycles. The van der Waals surface area contributed by atoms with Gasteiger partial charge in [0.2, 0.25) is 0 Å². The van der Waals surface area contributed by atoms with Crippen molar-refractivity contribution >= 4 is 27.7 Å². The molecule has 0 aromatic carbocycles. The zero-order valence-corrected chi connectivity index (χ0v) is 7.25. The molecule has 4 nitrogen and oxygen atoms in total. The van der Waals surface area contributed by atoms with E-state index < -0.39 is 0 Å². The Bertz CT molecular complexity index is 280. The first-order valence-electron chi connectivity index (χ1n) is 2.90. The van der Waals surface area contributed by atoms with Crippen molar-refractivity contribution < 1.29 is 0 Å². The molecule has 0 bridgehead atoms. The summed E-state index contributed by atoms with van der Waals surface area (Å²) in [5.41, 5.74) is 10.3. The van der Waals surface area contributed by atoms with Gasteiger partial charge < -0.3 is 11.5 Å². The number of pyridine rings is 1. The van der Waals surface area contributed by atoms with E-state index >= 15 is 0 Å². The van der Waals surface area contributed by atoms with Crippen LogP contribution in [0.4, 0.5) is 5.82 Å². The van der Waals surface area contributed by atoms with Gasteiger partial charge in [0.15, 0.2) is 11.8 Å². The topological polar surface area (TPSA) is 77.3 Å². The molecule has 4 N–H and O–H groups in total. The molecule has 0 atom stereocenters. The summed E-state index contributed by atoms with van der Waals surface area (Å²) in [4.78, 5) is 7.73. The second kappa shape index (κ2) is 3.34. The first kappa shape index (κ1) is 8.00. The highest BCUT2D eigenvalue weighted by molar-refractivity contribution is 9.10. The lowest BCUT2D eigenvalue weighted by Crippen LogP contribution is -2.22. The SMILES string of the molecule is NC(N)=Nc1cccc(Br)n1. The maximum absolute atomic E-state index is 5.15. The minimum Gasteiger partial charge on any atom is -0.370 e. The van der Waals surface area contributed by atoms with Crippen LogP contribution in [0.2, 0.25) is 0 Å². The van der Waals surface area contributed by atoms with Crippen LogP contribution in [0.15, 0.2) is 27.8 Å². The summed E-state index contributed by atoms with van der Waals surface area (Å²) in [6.07, 6.45) is 0. The summed E-state index contributed by atoms with van der Waals surface area (Å²) in [6.45, 7) is 0. The second-order valence-electron chi connectivity index (χ2n) is 1.86. The van der Waals surface area contributed by atoms with E-state index in [0.29, 0.717) is 10.4 Å². The van der Waals surface area contributed by atoms with Crippen molar-refractivity contribution in [2.24, 2.45) is 16.5 Å². The number of aliphatic imine (C=N–C) groups is 1. The third kappa shape index (κ3) is 2.55. The van der Waals surface area contributed by atoms with Crippen LogP contribution < -0.4 is 11.5 Å². The molecule has 0 radical (unpaired) electrons. The molecule has 1 rings (SSSR count). The largest absolute Gasteiger partial charge is 0.370 e. The second-order valence-corrected chi connectivity index (χ2v) is 2.67. The van der Waals surface area contributed by atoms with Gasteiger partial charge in [-0.3, -0.25) is 0 Å². The quantitative estimate of drug-likeness (QED) is 0.412. The van der Waals surface area contributed by atoms with Gasteiger partial charge in [-0.1, -0.05) is 6.07 Å². The van der Waals surface area contributed by atoms with Crippen molar-refractivity contribution in [2.75, 3.05) is 0 Å². The molecule has 5 heteroatoms. The summed E-state index contributed by atoms with van der Waals surface area (Å²) in [5, 5.41) is 0. The number of hydrogen-bond acceptors (Lipinski definition) is 2. The molecule has 0 saturated heterocycles. The molecule has 0 amide bonds. The van der Waals surface area contributed by atoms with Gasteiger partial charge in [-0.25, -0.2) is 4.98 Å². The zero-order chi connectivity index (χ0) is 8.27. The predicted octanol–water partition coefficient (Wildman–Crippen LogP) is 0.749. The number of hydrogen-bond donors (Lipinski definition) is 2.